The smallest absolute Gasteiger partial charge is 0.130 e. The highest BCUT2D eigenvalue weighted by molar-refractivity contribution is 5.40. The zero-order valence-corrected chi connectivity index (χ0v) is 11.9. The number of ether oxygens (including phenoxy) is 1. The van der Waals surface area contributed by atoms with Crippen LogP contribution in [-0.4, -0.2) is 7.05 Å². The van der Waals surface area contributed by atoms with Gasteiger partial charge in [-0.1, -0.05) is 31.2 Å². The third kappa shape index (κ3) is 3.58. The Hall–Kier alpha value is -1.80. The van der Waals surface area contributed by atoms with Crippen LogP contribution in [0.25, 0.3) is 0 Å². The molecule has 0 spiro atoms. The Labute approximate surface area is 115 Å². The molecule has 0 aliphatic heterocycles. The van der Waals surface area contributed by atoms with E-state index in [0.717, 1.165) is 30.0 Å². The minimum absolute atomic E-state index is 0.881. The van der Waals surface area contributed by atoms with Crippen molar-refractivity contribution in [2.45, 2.75) is 26.8 Å². The second-order valence-electron chi connectivity index (χ2n) is 4.73. The summed E-state index contributed by atoms with van der Waals surface area (Å²) in [5.74, 6) is 1.81. The Morgan fingerprint density at radius 2 is 1.68 bits per heavy atom. The number of hydrogen-bond acceptors (Lipinski definition) is 2. The lowest BCUT2D eigenvalue weighted by Gasteiger charge is -2.10. The molecule has 2 aromatic rings. The highest BCUT2D eigenvalue weighted by atomic mass is 16.5. The van der Waals surface area contributed by atoms with E-state index in [4.69, 9.17) is 4.74 Å². The van der Waals surface area contributed by atoms with Crippen molar-refractivity contribution in [3.8, 4) is 11.5 Å². The molecule has 0 aliphatic carbocycles. The third-order valence-corrected chi connectivity index (χ3v) is 3.18. The molecule has 2 nitrogen and oxygen atoms in total. The number of aryl methyl sites for hydroxylation is 2. The Morgan fingerprint density at radius 1 is 1.00 bits per heavy atom. The monoisotopic (exact) mass is 255 g/mol. The van der Waals surface area contributed by atoms with Gasteiger partial charge in [0.25, 0.3) is 0 Å². The largest absolute Gasteiger partial charge is 0.457 e. The van der Waals surface area contributed by atoms with E-state index >= 15 is 0 Å². The number of benzene rings is 2. The lowest BCUT2D eigenvalue weighted by Crippen LogP contribution is -2.05. The van der Waals surface area contributed by atoms with Crippen LogP contribution in [0.15, 0.2) is 42.5 Å². The molecule has 0 saturated heterocycles. The molecule has 0 heterocycles. The van der Waals surface area contributed by atoms with E-state index in [1.54, 1.807) is 0 Å². The second kappa shape index (κ2) is 6.39. The van der Waals surface area contributed by atoms with Crippen LogP contribution in [0.4, 0.5) is 0 Å². The minimum atomic E-state index is 0.881. The van der Waals surface area contributed by atoms with Crippen molar-refractivity contribution < 1.29 is 4.74 Å². The van der Waals surface area contributed by atoms with Crippen molar-refractivity contribution in [1.82, 2.24) is 5.32 Å². The molecule has 0 unspecified atom stereocenters. The molecule has 0 amide bonds. The van der Waals surface area contributed by atoms with Gasteiger partial charge in [-0.3, -0.25) is 0 Å². The first kappa shape index (κ1) is 13.6. The fourth-order valence-electron chi connectivity index (χ4n) is 2.06. The lowest BCUT2D eigenvalue weighted by molar-refractivity contribution is 0.478. The van der Waals surface area contributed by atoms with Crippen LogP contribution in [0.5, 0.6) is 11.5 Å². The Kier molecular flexibility index (Phi) is 4.58. The summed E-state index contributed by atoms with van der Waals surface area (Å²) in [7, 11) is 1.95. The third-order valence-electron chi connectivity index (χ3n) is 3.18. The highest BCUT2D eigenvalue weighted by Crippen LogP contribution is 2.26. The molecule has 100 valence electrons. The molecular formula is C17H21NO. The quantitative estimate of drug-likeness (QED) is 0.869. The summed E-state index contributed by atoms with van der Waals surface area (Å²) < 4.78 is 5.92. The van der Waals surface area contributed by atoms with E-state index < -0.39 is 0 Å². The van der Waals surface area contributed by atoms with Gasteiger partial charge in [0.1, 0.15) is 11.5 Å². The Morgan fingerprint density at radius 3 is 2.26 bits per heavy atom. The average molecular weight is 255 g/mol. The van der Waals surface area contributed by atoms with E-state index in [1.165, 1.54) is 11.1 Å². The van der Waals surface area contributed by atoms with Crippen molar-refractivity contribution in [3.63, 3.8) is 0 Å². The summed E-state index contributed by atoms with van der Waals surface area (Å²) in [5, 5.41) is 3.15. The van der Waals surface area contributed by atoms with E-state index in [0.29, 0.717) is 0 Å². The molecule has 0 fully saturated rings. The first-order chi connectivity index (χ1) is 9.22. The van der Waals surface area contributed by atoms with Gasteiger partial charge in [-0.05, 0) is 55.3 Å². The Balaban J connectivity index is 2.13. The van der Waals surface area contributed by atoms with Crippen molar-refractivity contribution in [2.24, 2.45) is 0 Å². The molecule has 0 bridgehead atoms. The maximum Gasteiger partial charge on any atom is 0.130 e. The summed E-state index contributed by atoms with van der Waals surface area (Å²) in [5.41, 5.74) is 3.76. The van der Waals surface area contributed by atoms with Gasteiger partial charge in [-0.15, -0.1) is 0 Å². The van der Waals surface area contributed by atoms with Crippen molar-refractivity contribution in [1.29, 1.82) is 0 Å². The predicted molar refractivity (Wildman–Crippen MR) is 79.8 cm³/mol. The zero-order chi connectivity index (χ0) is 13.7. The molecule has 2 heteroatoms. The first-order valence-corrected chi connectivity index (χ1v) is 6.74. The normalized spacial score (nSPS) is 10.5. The first-order valence-electron chi connectivity index (χ1n) is 6.74. The highest BCUT2D eigenvalue weighted by Gasteiger charge is 2.03. The maximum atomic E-state index is 5.92. The topological polar surface area (TPSA) is 21.3 Å². The standard InChI is InChI=1S/C17H21NO/c1-4-14-5-8-16(9-6-14)19-17-10-7-15(12-18-3)11-13(17)2/h5-11,18H,4,12H2,1-3H3. The minimum Gasteiger partial charge on any atom is -0.457 e. The summed E-state index contributed by atoms with van der Waals surface area (Å²) in [6, 6.07) is 14.6. The van der Waals surface area contributed by atoms with Gasteiger partial charge in [-0.25, -0.2) is 0 Å². The summed E-state index contributed by atoms with van der Waals surface area (Å²) in [6.45, 7) is 5.11. The second-order valence-corrected chi connectivity index (χ2v) is 4.73. The number of rotatable bonds is 5. The number of nitrogens with one attached hydrogen (secondary N) is 1. The lowest BCUT2D eigenvalue weighted by atomic mass is 10.1. The molecular weight excluding hydrogens is 234 g/mol. The molecule has 0 radical (unpaired) electrons. The van der Waals surface area contributed by atoms with Crippen LogP contribution in [0.2, 0.25) is 0 Å². The van der Waals surface area contributed by atoms with Crippen molar-refractivity contribution in [2.75, 3.05) is 7.05 Å². The molecule has 0 atom stereocenters. The summed E-state index contributed by atoms with van der Waals surface area (Å²) >= 11 is 0. The molecule has 2 aromatic carbocycles. The molecule has 19 heavy (non-hydrogen) atoms. The maximum absolute atomic E-state index is 5.92. The van der Waals surface area contributed by atoms with Crippen LogP contribution in [0, 0.1) is 6.92 Å². The fraction of sp³-hybridized carbons (Fsp3) is 0.294. The average Bonchev–Trinajstić information content (AvgIpc) is 2.43. The van der Waals surface area contributed by atoms with Gasteiger partial charge in [0.05, 0.1) is 0 Å². The van der Waals surface area contributed by atoms with Crippen LogP contribution >= 0.6 is 0 Å². The van der Waals surface area contributed by atoms with Gasteiger partial charge < -0.3 is 10.1 Å². The van der Waals surface area contributed by atoms with Gasteiger partial charge in [-0.2, -0.15) is 0 Å². The van der Waals surface area contributed by atoms with Crippen molar-refractivity contribution in [3.05, 3.63) is 59.2 Å². The van der Waals surface area contributed by atoms with E-state index in [9.17, 15) is 0 Å². The summed E-state index contributed by atoms with van der Waals surface area (Å²) in [6.07, 6.45) is 1.05. The molecule has 2 rings (SSSR count). The molecule has 0 aromatic heterocycles. The van der Waals surface area contributed by atoms with Crippen molar-refractivity contribution >= 4 is 0 Å². The Bertz CT molecular complexity index is 531. The van der Waals surface area contributed by atoms with E-state index in [1.807, 2.05) is 25.2 Å². The van der Waals surface area contributed by atoms with Crippen LogP contribution < -0.4 is 10.1 Å². The number of hydrogen-bond donors (Lipinski definition) is 1. The van der Waals surface area contributed by atoms with E-state index in [2.05, 4.69) is 43.4 Å². The van der Waals surface area contributed by atoms with Gasteiger partial charge >= 0.3 is 0 Å². The SMILES string of the molecule is CCc1ccc(Oc2ccc(CNC)cc2C)cc1. The van der Waals surface area contributed by atoms with Gasteiger partial charge in [0, 0.05) is 6.54 Å². The van der Waals surface area contributed by atoms with Crippen LogP contribution in [-0.2, 0) is 13.0 Å². The van der Waals surface area contributed by atoms with Crippen LogP contribution in [0.3, 0.4) is 0 Å². The van der Waals surface area contributed by atoms with E-state index in [-0.39, 0.29) is 0 Å². The molecule has 1 N–H and O–H groups in total. The molecule has 0 saturated carbocycles. The fourth-order valence-corrected chi connectivity index (χ4v) is 2.06. The zero-order valence-electron chi connectivity index (χ0n) is 11.9. The summed E-state index contributed by atoms with van der Waals surface area (Å²) in [4.78, 5) is 0. The predicted octanol–water partition coefficient (Wildman–Crippen LogP) is 4.07. The van der Waals surface area contributed by atoms with Crippen LogP contribution in [0.1, 0.15) is 23.6 Å². The van der Waals surface area contributed by atoms with Gasteiger partial charge in [0.2, 0.25) is 0 Å². The van der Waals surface area contributed by atoms with Gasteiger partial charge in [0.15, 0.2) is 0 Å². The molecule has 0 aliphatic rings.